The Kier molecular flexibility index (Phi) is 2.76. The number of aryl methyl sites for hydroxylation is 1. The van der Waals surface area contributed by atoms with Gasteiger partial charge in [0.25, 0.3) is 0 Å². The Morgan fingerprint density at radius 3 is 2.00 bits per heavy atom. The first kappa shape index (κ1) is 10.3. The lowest BCUT2D eigenvalue weighted by atomic mass is 10.1. The van der Waals surface area contributed by atoms with Gasteiger partial charge in [0.05, 0.1) is 5.69 Å². The third-order valence-electron chi connectivity index (χ3n) is 2.33. The van der Waals surface area contributed by atoms with Crippen LogP contribution in [0.3, 0.4) is 0 Å². The lowest BCUT2D eigenvalue weighted by molar-refractivity contribution is 0.515. The molecule has 0 unspecified atom stereocenters. The van der Waals surface area contributed by atoms with Gasteiger partial charge in [0.1, 0.15) is 0 Å². The minimum absolute atomic E-state index is 0.0764. The van der Waals surface area contributed by atoms with Crippen LogP contribution < -0.4 is 5.73 Å². The molecule has 3 nitrogen and oxygen atoms in total. The number of nitrogens with zero attached hydrogens (tertiary/aromatic N) is 2. The molecule has 0 saturated heterocycles. The Bertz CT molecular complexity index is 297. The maximum atomic E-state index is 5.88. The van der Waals surface area contributed by atoms with Gasteiger partial charge in [-0.15, -0.1) is 0 Å². The van der Waals surface area contributed by atoms with Crippen LogP contribution in [0.25, 0.3) is 0 Å². The molecule has 0 aliphatic carbocycles. The molecule has 0 aliphatic rings. The summed E-state index contributed by atoms with van der Waals surface area (Å²) < 4.78 is 2.04. The second-order valence-electron chi connectivity index (χ2n) is 3.91. The fourth-order valence-electron chi connectivity index (χ4n) is 1.84. The van der Waals surface area contributed by atoms with Crippen LogP contribution in [0, 0.1) is 13.8 Å². The Balaban J connectivity index is 3.22. The van der Waals surface area contributed by atoms with Crippen molar-refractivity contribution in [2.24, 2.45) is 5.73 Å². The molecule has 0 spiro atoms. The minimum atomic E-state index is 0.0764. The molecule has 0 fully saturated rings. The number of hydrogen-bond donors (Lipinski definition) is 1. The van der Waals surface area contributed by atoms with Crippen molar-refractivity contribution >= 4 is 0 Å². The Labute approximate surface area is 79.9 Å². The summed E-state index contributed by atoms with van der Waals surface area (Å²) in [4.78, 5) is 0. The van der Waals surface area contributed by atoms with E-state index in [4.69, 9.17) is 5.73 Å². The predicted octanol–water partition coefficient (Wildman–Crippen LogP) is 2.10. The molecule has 74 valence electrons. The monoisotopic (exact) mass is 181 g/mol. The fraction of sp³-hybridized carbons (Fsp3) is 0.700. The van der Waals surface area contributed by atoms with Gasteiger partial charge in [-0.1, -0.05) is 0 Å². The van der Waals surface area contributed by atoms with Crippen molar-refractivity contribution in [2.75, 3.05) is 0 Å². The number of aromatic nitrogens is 2. The highest BCUT2D eigenvalue weighted by atomic mass is 15.3. The van der Waals surface area contributed by atoms with E-state index < -0.39 is 0 Å². The van der Waals surface area contributed by atoms with Crippen molar-refractivity contribution in [3.05, 3.63) is 17.0 Å². The van der Waals surface area contributed by atoms with Crippen molar-refractivity contribution in [1.29, 1.82) is 0 Å². The van der Waals surface area contributed by atoms with Crippen LogP contribution in [0.15, 0.2) is 0 Å². The molecule has 13 heavy (non-hydrogen) atoms. The topological polar surface area (TPSA) is 43.8 Å². The van der Waals surface area contributed by atoms with Gasteiger partial charge in [-0.05, 0) is 34.6 Å². The molecule has 0 amide bonds. The van der Waals surface area contributed by atoms with Crippen LogP contribution in [0.5, 0.6) is 0 Å². The van der Waals surface area contributed by atoms with E-state index in [-0.39, 0.29) is 6.04 Å². The van der Waals surface area contributed by atoms with Crippen molar-refractivity contribution in [2.45, 2.75) is 46.7 Å². The molecule has 0 aromatic carbocycles. The van der Waals surface area contributed by atoms with Gasteiger partial charge in [0, 0.05) is 23.3 Å². The molecule has 0 bridgehead atoms. The van der Waals surface area contributed by atoms with Crippen LogP contribution in [-0.2, 0) is 0 Å². The summed E-state index contributed by atoms with van der Waals surface area (Å²) in [5.74, 6) is 0. The maximum absolute atomic E-state index is 5.88. The van der Waals surface area contributed by atoms with Gasteiger partial charge in [0.2, 0.25) is 0 Å². The number of nitrogens with two attached hydrogens (primary N) is 1. The van der Waals surface area contributed by atoms with Crippen LogP contribution in [0.2, 0.25) is 0 Å². The second-order valence-corrected chi connectivity index (χ2v) is 3.91. The molecule has 1 atom stereocenters. The Morgan fingerprint density at radius 1 is 1.23 bits per heavy atom. The summed E-state index contributed by atoms with van der Waals surface area (Å²) in [7, 11) is 0. The zero-order valence-corrected chi connectivity index (χ0v) is 9.13. The van der Waals surface area contributed by atoms with Crippen LogP contribution in [0.1, 0.15) is 49.8 Å². The lowest BCUT2D eigenvalue weighted by Gasteiger charge is -2.09. The molecule has 1 aromatic heterocycles. The molecule has 1 rings (SSSR count). The minimum Gasteiger partial charge on any atom is -0.324 e. The van der Waals surface area contributed by atoms with Crippen LogP contribution in [0.4, 0.5) is 0 Å². The zero-order valence-electron chi connectivity index (χ0n) is 9.13. The summed E-state index contributed by atoms with van der Waals surface area (Å²) in [6.45, 7) is 10.4. The van der Waals surface area contributed by atoms with Gasteiger partial charge >= 0.3 is 0 Å². The van der Waals surface area contributed by atoms with Crippen molar-refractivity contribution in [3.8, 4) is 0 Å². The largest absolute Gasteiger partial charge is 0.324 e. The van der Waals surface area contributed by atoms with E-state index in [9.17, 15) is 0 Å². The van der Waals surface area contributed by atoms with E-state index in [0.717, 1.165) is 5.69 Å². The van der Waals surface area contributed by atoms with Gasteiger partial charge < -0.3 is 5.73 Å². The van der Waals surface area contributed by atoms with Crippen LogP contribution >= 0.6 is 0 Å². The lowest BCUT2D eigenvalue weighted by Crippen LogP contribution is -2.09. The average molecular weight is 181 g/mol. The van der Waals surface area contributed by atoms with E-state index in [1.165, 1.54) is 11.3 Å². The Hall–Kier alpha value is -0.830. The van der Waals surface area contributed by atoms with Gasteiger partial charge in [-0.25, -0.2) is 0 Å². The molecule has 2 N–H and O–H groups in total. The SMILES string of the molecule is Cc1nn(C(C)C)c(C)c1[C@@H](C)N. The summed E-state index contributed by atoms with van der Waals surface area (Å²) in [5.41, 5.74) is 9.32. The molecule has 0 aliphatic heterocycles. The molecule has 1 heterocycles. The number of hydrogen-bond acceptors (Lipinski definition) is 2. The fourth-order valence-corrected chi connectivity index (χ4v) is 1.84. The molecule has 0 radical (unpaired) electrons. The maximum Gasteiger partial charge on any atom is 0.0644 e. The van der Waals surface area contributed by atoms with Gasteiger partial charge in [-0.2, -0.15) is 5.10 Å². The van der Waals surface area contributed by atoms with Gasteiger partial charge in [-0.3, -0.25) is 4.68 Å². The van der Waals surface area contributed by atoms with E-state index in [0.29, 0.717) is 6.04 Å². The normalized spacial score (nSPS) is 13.8. The smallest absolute Gasteiger partial charge is 0.0644 e. The molecule has 3 heteroatoms. The highest BCUT2D eigenvalue weighted by molar-refractivity contribution is 5.27. The van der Waals surface area contributed by atoms with E-state index >= 15 is 0 Å². The third-order valence-corrected chi connectivity index (χ3v) is 2.33. The summed E-state index contributed by atoms with van der Waals surface area (Å²) >= 11 is 0. The molecular formula is C10H19N3. The summed E-state index contributed by atoms with van der Waals surface area (Å²) in [6.07, 6.45) is 0. The van der Waals surface area contributed by atoms with Crippen molar-refractivity contribution < 1.29 is 0 Å². The van der Waals surface area contributed by atoms with E-state index in [2.05, 4.69) is 25.9 Å². The first-order chi connectivity index (χ1) is 5.95. The van der Waals surface area contributed by atoms with E-state index in [1.54, 1.807) is 0 Å². The van der Waals surface area contributed by atoms with Crippen LogP contribution in [-0.4, -0.2) is 9.78 Å². The Morgan fingerprint density at radius 2 is 1.77 bits per heavy atom. The molecule has 1 aromatic rings. The quantitative estimate of drug-likeness (QED) is 0.759. The van der Waals surface area contributed by atoms with Crippen molar-refractivity contribution in [1.82, 2.24) is 9.78 Å². The highest BCUT2D eigenvalue weighted by Crippen LogP contribution is 2.21. The molecule has 0 saturated carbocycles. The second kappa shape index (κ2) is 3.50. The zero-order chi connectivity index (χ0) is 10.2. The van der Waals surface area contributed by atoms with Gasteiger partial charge in [0.15, 0.2) is 0 Å². The first-order valence-corrected chi connectivity index (χ1v) is 4.76. The molecular weight excluding hydrogens is 162 g/mol. The standard InChI is InChI=1S/C10H19N3/c1-6(2)13-9(5)10(7(3)11)8(4)12-13/h6-7H,11H2,1-5H3/t7-/m1/s1. The highest BCUT2D eigenvalue weighted by Gasteiger charge is 2.15. The summed E-state index contributed by atoms with van der Waals surface area (Å²) in [5, 5.41) is 4.47. The average Bonchev–Trinajstić information content (AvgIpc) is 2.26. The van der Waals surface area contributed by atoms with E-state index in [1.807, 2.05) is 18.5 Å². The third kappa shape index (κ3) is 1.75. The first-order valence-electron chi connectivity index (χ1n) is 4.76. The number of rotatable bonds is 2. The van der Waals surface area contributed by atoms with Crippen molar-refractivity contribution in [3.63, 3.8) is 0 Å². The predicted molar refractivity (Wildman–Crippen MR) is 54.7 cm³/mol. The summed E-state index contributed by atoms with van der Waals surface area (Å²) in [6, 6.07) is 0.485.